The van der Waals surface area contributed by atoms with E-state index in [1.54, 1.807) is 6.08 Å². The van der Waals surface area contributed by atoms with Crippen LogP contribution >= 0.6 is 0 Å². The van der Waals surface area contributed by atoms with Crippen LogP contribution in [0.2, 0.25) is 0 Å². The van der Waals surface area contributed by atoms with Crippen molar-refractivity contribution >= 4 is 5.78 Å². The lowest BCUT2D eigenvalue weighted by molar-refractivity contribution is -0.124. The lowest BCUT2D eigenvalue weighted by Gasteiger charge is -2.28. The molecule has 0 saturated carbocycles. The summed E-state index contributed by atoms with van der Waals surface area (Å²) in [6, 6.07) is 0. The fourth-order valence-electron chi connectivity index (χ4n) is 1.92. The van der Waals surface area contributed by atoms with Crippen molar-refractivity contribution in [3.05, 3.63) is 11.8 Å². The fraction of sp³-hybridized carbons (Fsp3) is 0.769. The van der Waals surface area contributed by atoms with Crippen LogP contribution in [0.5, 0.6) is 0 Å². The average Bonchev–Trinajstić information content (AvgIpc) is 2.23. The summed E-state index contributed by atoms with van der Waals surface area (Å²) in [5.74, 6) is 1.17. The van der Waals surface area contributed by atoms with Gasteiger partial charge in [0.1, 0.15) is 6.10 Å². The molecule has 0 aliphatic carbocycles. The normalized spacial score (nSPS) is 26.1. The van der Waals surface area contributed by atoms with E-state index in [2.05, 4.69) is 13.8 Å². The molecule has 1 aliphatic heterocycles. The number of hydrogen-bond acceptors (Lipinski definition) is 2. The highest BCUT2D eigenvalue weighted by molar-refractivity contribution is 5.93. The number of hydrogen-bond donors (Lipinski definition) is 0. The zero-order valence-corrected chi connectivity index (χ0v) is 10.1. The van der Waals surface area contributed by atoms with Crippen molar-refractivity contribution in [3.63, 3.8) is 0 Å². The quantitative estimate of drug-likeness (QED) is 0.649. The van der Waals surface area contributed by atoms with Crippen molar-refractivity contribution in [1.82, 2.24) is 0 Å². The van der Waals surface area contributed by atoms with E-state index in [0.29, 0.717) is 0 Å². The average molecular weight is 210 g/mol. The van der Waals surface area contributed by atoms with E-state index in [-0.39, 0.29) is 17.8 Å². The summed E-state index contributed by atoms with van der Waals surface area (Å²) < 4.78 is 5.81. The first-order valence-corrected chi connectivity index (χ1v) is 6.10. The van der Waals surface area contributed by atoms with E-state index in [1.165, 1.54) is 12.8 Å². The van der Waals surface area contributed by atoms with Gasteiger partial charge in [0.05, 0.1) is 11.7 Å². The minimum atomic E-state index is 0.0323. The Morgan fingerprint density at radius 2 is 2.07 bits per heavy atom. The van der Waals surface area contributed by atoms with Crippen LogP contribution in [-0.2, 0) is 9.53 Å². The first-order chi connectivity index (χ1) is 7.19. The van der Waals surface area contributed by atoms with Gasteiger partial charge in [-0.1, -0.05) is 33.6 Å². The molecule has 0 fully saturated rings. The molecule has 15 heavy (non-hydrogen) atoms. The zero-order chi connectivity index (χ0) is 11.3. The Labute approximate surface area is 92.7 Å². The van der Waals surface area contributed by atoms with Gasteiger partial charge in [-0.05, 0) is 12.8 Å². The van der Waals surface area contributed by atoms with Crippen LogP contribution < -0.4 is 0 Å². The summed E-state index contributed by atoms with van der Waals surface area (Å²) >= 11 is 0. The number of unbranched alkanes of at least 4 members (excludes halogenated alkanes) is 2. The molecule has 2 atom stereocenters. The van der Waals surface area contributed by atoms with Gasteiger partial charge in [0.15, 0.2) is 5.78 Å². The number of rotatable bonds is 5. The maximum absolute atomic E-state index is 11.7. The Kier molecular flexibility index (Phi) is 4.86. The minimum Gasteiger partial charge on any atom is -0.494 e. The van der Waals surface area contributed by atoms with Crippen LogP contribution in [0.3, 0.4) is 0 Å². The van der Waals surface area contributed by atoms with E-state index in [4.69, 9.17) is 4.74 Å². The molecule has 0 amide bonds. The zero-order valence-electron chi connectivity index (χ0n) is 10.1. The second-order valence-corrected chi connectivity index (χ2v) is 4.32. The van der Waals surface area contributed by atoms with Crippen LogP contribution in [0.1, 0.15) is 52.9 Å². The summed E-state index contributed by atoms with van der Waals surface area (Å²) in [4.78, 5) is 11.7. The van der Waals surface area contributed by atoms with Gasteiger partial charge in [-0.15, -0.1) is 0 Å². The Bertz CT molecular complexity index is 243. The lowest BCUT2D eigenvalue weighted by Crippen LogP contribution is -2.31. The lowest BCUT2D eigenvalue weighted by atomic mass is 9.94. The van der Waals surface area contributed by atoms with Gasteiger partial charge in [-0.3, -0.25) is 4.79 Å². The van der Waals surface area contributed by atoms with Gasteiger partial charge >= 0.3 is 0 Å². The van der Waals surface area contributed by atoms with E-state index in [9.17, 15) is 4.79 Å². The van der Waals surface area contributed by atoms with Gasteiger partial charge in [-0.25, -0.2) is 0 Å². The van der Waals surface area contributed by atoms with Crippen molar-refractivity contribution in [3.8, 4) is 0 Å². The Morgan fingerprint density at radius 3 is 2.67 bits per heavy atom. The highest BCUT2D eigenvalue weighted by atomic mass is 16.5. The Hall–Kier alpha value is -0.790. The monoisotopic (exact) mass is 210 g/mol. The summed E-state index contributed by atoms with van der Waals surface area (Å²) in [5, 5.41) is 0. The second-order valence-electron chi connectivity index (χ2n) is 4.32. The number of allylic oxidation sites excluding steroid dienone is 2. The van der Waals surface area contributed by atoms with E-state index >= 15 is 0 Å². The van der Waals surface area contributed by atoms with Crippen LogP contribution in [0.15, 0.2) is 11.8 Å². The highest BCUT2D eigenvalue weighted by Gasteiger charge is 2.28. The third-order valence-electron chi connectivity index (χ3n) is 3.04. The molecule has 0 bridgehead atoms. The molecule has 0 radical (unpaired) electrons. The maximum Gasteiger partial charge on any atom is 0.165 e. The number of carbonyl (C=O) groups excluding carboxylic acids is 1. The third-order valence-corrected chi connectivity index (χ3v) is 3.04. The van der Waals surface area contributed by atoms with Gasteiger partial charge in [0.25, 0.3) is 0 Å². The predicted octanol–water partition coefficient (Wildman–Crippen LogP) is 3.46. The molecule has 0 aromatic carbocycles. The fourth-order valence-corrected chi connectivity index (χ4v) is 1.92. The molecule has 1 aliphatic rings. The van der Waals surface area contributed by atoms with Crippen LogP contribution in [-0.4, -0.2) is 11.9 Å². The molecule has 0 aromatic heterocycles. The number of ketones is 1. The molecular formula is C13H22O2. The molecule has 0 aromatic rings. The topological polar surface area (TPSA) is 26.3 Å². The number of carbonyl (C=O) groups is 1. The molecule has 1 rings (SSSR count). The van der Waals surface area contributed by atoms with Gasteiger partial charge in [-0.2, -0.15) is 0 Å². The summed E-state index contributed by atoms with van der Waals surface area (Å²) in [7, 11) is 0. The molecule has 1 heterocycles. The van der Waals surface area contributed by atoms with E-state index < -0.39 is 0 Å². The summed E-state index contributed by atoms with van der Waals surface area (Å²) in [6.45, 7) is 6.21. The molecule has 0 N–H and O–H groups in total. The highest BCUT2D eigenvalue weighted by Crippen LogP contribution is 2.25. The molecule has 0 spiro atoms. The van der Waals surface area contributed by atoms with Crippen molar-refractivity contribution in [2.24, 2.45) is 5.92 Å². The molecule has 2 heteroatoms. The second kappa shape index (κ2) is 5.94. The third kappa shape index (κ3) is 3.37. The first-order valence-electron chi connectivity index (χ1n) is 6.10. The van der Waals surface area contributed by atoms with Crippen molar-refractivity contribution in [2.75, 3.05) is 0 Å². The SMILES string of the molecule is CCCCCC1=CC(=O)[C@H](C)[C@H](CC)O1. The van der Waals surface area contributed by atoms with Gasteiger partial charge in [0, 0.05) is 12.5 Å². The molecule has 0 saturated heterocycles. The van der Waals surface area contributed by atoms with E-state index in [1.807, 2.05) is 6.92 Å². The van der Waals surface area contributed by atoms with Gasteiger partial charge in [0.2, 0.25) is 0 Å². The molecule has 86 valence electrons. The largest absolute Gasteiger partial charge is 0.494 e. The summed E-state index contributed by atoms with van der Waals surface area (Å²) in [5.41, 5.74) is 0. The van der Waals surface area contributed by atoms with Crippen LogP contribution in [0.4, 0.5) is 0 Å². The van der Waals surface area contributed by atoms with Gasteiger partial charge < -0.3 is 4.74 Å². The van der Waals surface area contributed by atoms with Crippen LogP contribution in [0.25, 0.3) is 0 Å². The maximum atomic E-state index is 11.7. The molecule has 0 unspecified atom stereocenters. The van der Waals surface area contributed by atoms with E-state index in [0.717, 1.165) is 25.0 Å². The summed E-state index contributed by atoms with van der Waals surface area (Å²) in [6.07, 6.45) is 7.17. The van der Waals surface area contributed by atoms with Crippen LogP contribution in [0, 0.1) is 5.92 Å². The predicted molar refractivity (Wildman–Crippen MR) is 61.6 cm³/mol. The molecule has 2 nitrogen and oxygen atoms in total. The minimum absolute atomic E-state index is 0.0323. The number of ether oxygens (including phenoxy) is 1. The molecular weight excluding hydrogens is 188 g/mol. The van der Waals surface area contributed by atoms with Crippen molar-refractivity contribution in [2.45, 2.75) is 59.0 Å². The Morgan fingerprint density at radius 1 is 1.33 bits per heavy atom. The van der Waals surface area contributed by atoms with Crippen molar-refractivity contribution in [1.29, 1.82) is 0 Å². The van der Waals surface area contributed by atoms with Crippen molar-refractivity contribution < 1.29 is 9.53 Å². The first kappa shape index (κ1) is 12.3. The Balaban J connectivity index is 2.51. The smallest absolute Gasteiger partial charge is 0.165 e. The standard InChI is InChI=1S/C13H22O2/c1-4-6-7-8-11-9-12(14)10(3)13(5-2)15-11/h9-10,13H,4-8H2,1-3H3/t10-,13-/m0/s1.